The third kappa shape index (κ3) is 7.92. The van der Waals surface area contributed by atoms with Crippen LogP contribution in [0.1, 0.15) is 61.0 Å². The van der Waals surface area contributed by atoms with E-state index in [-0.39, 0.29) is 5.91 Å². The molecular formula is C28H31ClN2O3. The lowest BCUT2D eigenvalue weighted by atomic mass is 10.1. The number of carbonyl (C=O) groups excluding carboxylic acids is 1. The van der Waals surface area contributed by atoms with Crippen LogP contribution < -0.4 is 14.9 Å². The van der Waals surface area contributed by atoms with E-state index in [9.17, 15) is 4.79 Å². The Labute approximate surface area is 206 Å². The molecule has 0 heterocycles. The number of nitrogens with one attached hydrogen (secondary N) is 1. The van der Waals surface area contributed by atoms with Crippen molar-refractivity contribution in [3.63, 3.8) is 0 Å². The number of para-hydroxylation sites is 1. The molecule has 0 aliphatic heterocycles. The number of hydrazone groups is 1. The van der Waals surface area contributed by atoms with Gasteiger partial charge in [0.25, 0.3) is 5.91 Å². The molecule has 178 valence electrons. The van der Waals surface area contributed by atoms with Crippen LogP contribution in [0.15, 0.2) is 77.9 Å². The van der Waals surface area contributed by atoms with Crippen LogP contribution in [0.4, 0.5) is 0 Å². The van der Waals surface area contributed by atoms with E-state index >= 15 is 0 Å². The number of hydrogen-bond donors (Lipinski definition) is 1. The van der Waals surface area contributed by atoms with Gasteiger partial charge in [0.1, 0.15) is 18.1 Å². The summed E-state index contributed by atoms with van der Waals surface area (Å²) < 4.78 is 11.7. The van der Waals surface area contributed by atoms with E-state index in [0.717, 1.165) is 29.7 Å². The number of nitrogens with zero attached hydrogens (tertiary/aromatic N) is 1. The number of ether oxygens (including phenoxy) is 2. The second kappa shape index (κ2) is 13.4. The third-order valence-electron chi connectivity index (χ3n) is 5.30. The van der Waals surface area contributed by atoms with Crippen molar-refractivity contribution in [3.05, 3.63) is 94.5 Å². The second-order valence-electron chi connectivity index (χ2n) is 7.98. The van der Waals surface area contributed by atoms with Crippen molar-refractivity contribution in [2.75, 3.05) is 6.61 Å². The van der Waals surface area contributed by atoms with Gasteiger partial charge in [-0.3, -0.25) is 4.79 Å². The topological polar surface area (TPSA) is 59.9 Å². The Morgan fingerprint density at radius 1 is 0.912 bits per heavy atom. The lowest BCUT2D eigenvalue weighted by Crippen LogP contribution is -2.20. The number of rotatable bonds is 12. The zero-order valence-corrected chi connectivity index (χ0v) is 20.5. The van der Waals surface area contributed by atoms with Crippen molar-refractivity contribution in [2.45, 2.75) is 46.1 Å². The Hall–Kier alpha value is -3.31. The largest absolute Gasteiger partial charge is 0.493 e. The maximum atomic E-state index is 12.7. The molecule has 0 aromatic heterocycles. The van der Waals surface area contributed by atoms with Crippen molar-refractivity contribution < 1.29 is 14.3 Å². The summed E-state index contributed by atoms with van der Waals surface area (Å²) in [6.07, 6.45) is 4.46. The molecule has 5 nitrogen and oxygen atoms in total. The lowest BCUT2D eigenvalue weighted by Gasteiger charge is -2.11. The lowest BCUT2D eigenvalue weighted by molar-refractivity contribution is 0.0950. The van der Waals surface area contributed by atoms with E-state index in [1.54, 1.807) is 6.07 Å². The Morgan fingerprint density at radius 2 is 1.65 bits per heavy atom. The number of benzene rings is 3. The molecule has 0 saturated carbocycles. The predicted molar refractivity (Wildman–Crippen MR) is 138 cm³/mol. The monoisotopic (exact) mass is 478 g/mol. The van der Waals surface area contributed by atoms with Gasteiger partial charge in [0.15, 0.2) is 0 Å². The molecule has 0 aliphatic rings. The summed E-state index contributed by atoms with van der Waals surface area (Å²) in [5, 5.41) is 4.97. The summed E-state index contributed by atoms with van der Waals surface area (Å²) in [4.78, 5) is 12.7. The Morgan fingerprint density at radius 3 is 2.38 bits per heavy atom. The highest BCUT2D eigenvalue weighted by Gasteiger charge is 2.12. The fourth-order valence-electron chi connectivity index (χ4n) is 3.29. The number of amides is 1. The molecule has 1 N–H and O–H groups in total. The first kappa shape index (κ1) is 25.3. The second-order valence-corrected chi connectivity index (χ2v) is 8.42. The van der Waals surface area contributed by atoms with Crippen molar-refractivity contribution in [3.8, 4) is 11.5 Å². The highest BCUT2D eigenvalue weighted by molar-refractivity contribution is 6.30. The van der Waals surface area contributed by atoms with Crippen molar-refractivity contribution >= 4 is 23.2 Å². The minimum absolute atomic E-state index is 0.300. The van der Waals surface area contributed by atoms with E-state index in [1.807, 2.05) is 73.7 Å². The third-order valence-corrected chi connectivity index (χ3v) is 5.56. The summed E-state index contributed by atoms with van der Waals surface area (Å²) in [6.45, 7) is 5.08. The highest BCUT2D eigenvalue weighted by Crippen LogP contribution is 2.19. The van der Waals surface area contributed by atoms with Gasteiger partial charge in [-0.25, -0.2) is 5.43 Å². The van der Waals surface area contributed by atoms with E-state index in [2.05, 4.69) is 17.5 Å². The average Bonchev–Trinajstić information content (AvgIpc) is 2.87. The molecule has 0 saturated heterocycles. The summed E-state index contributed by atoms with van der Waals surface area (Å²) in [6, 6.07) is 22.4. The van der Waals surface area contributed by atoms with Crippen LogP contribution in [0.3, 0.4) is 0 Å². The molecule has 1 amide bonds. The molecule has 0 spiro atoms. The van der Waals surface area contributed by atoms with E-state index in [4.69, 9.17) is 21.1 Å². The van der Waals surface area contributed by atoms with Gasteiger partial charge in [-0.1, -0.05) is 62.1 Å². The van der Waals surface area contributed by atoms with Crippen LogP contribution in [0.5, 0.6) is 11.5 Å². The zero-order valence-electron chi connectivity index (χ0n) is 19.7. The van der Waals surface area contributed by atoms with Crippen molar-refractivity contribution in [1.82, 2.24) is 5.43 Å². The van der Waals surface area contributed by atoms with Crippen molar-refractivity contribution in [2.24, 2.45) is 5.10 Å². The summed E-state index contributed by atoms with van der Waals surface area (Å²) in [5.74, 6) is 1.03. The molecule has 0 aliphatic carbocycles. The van der Waals surface area contributed by atoms with Gasteiger partial charge < -0.3 is 9.47 Å². The maximum absolute atomic E-state index is 12.7. The SMILES string of the molecule is CCCCCCOc1ccccc1C(=O)N/N=C(/C)c1ccc(OCc2ccc(Cl)cc2)cc1. The first-order valence-electron chi connectivity index (χ1n) is 11.6. The molecular weight excluding hydrogens is 448 g/mol. The smallest absolute Gasteiger partial charge is 0.275 e. The van der Waals surface area contributed by atoms with Crippen LogP contribution in [0.2, 0.25) is 5.02 Å². The van der Waals surface area contributed by atoms with Gasteiger partial charge in [0, 0.05) is 5.02 Å². The van der Waals surface area contributed by atoms with E-state index < -0.39 is 0 Å². The van der Waals surface area contributed by atoms with Gasteiger partial charge >= 0.3 is 0 Å². The molecule has 3 rings (SSSR count). The zero-order chi connectivity index (χ0) is 24.2. The Balaban J connectivity index is 1.54. The predicted octanol–water partition coefficient (Wildman–Crippen LogP) is 7.03. The normalized spacial score (nSPS) is 11.2. The first-order chi connectivity index (χ1) is 16.6. The molecule has 0 fully saturated rings. The van der Waals surface area contributed by atoms with Crippen LogP contribution in [-0.4, -0.2) is 18.2 Å². The highest BCUT2D eigenvalue weighted by atomic mass is 35.5. The molecule has 3 aromatic carbocycles. The van der Waals surface area contributed by atoms with Gasteiger partial charge in [-0.2, -0.15) is 5.10 Å². The summed E-state index contributed by atoms with van der Waals surface area (Å²) in [5.41, 5.74) is 5.73. The van der Waals surface area contributed by atoms with Crippen LogP contribution in [0, 0.1) is 0 Å². The number of carbonyl (C=O) groups is 1. The summed E-state index contributed by atoms with van der Waals surface area (Å²) >= 11 is 5.91. The molecule has 0 atom stereocenters. The average molecular weight is 479 g/mol. The molecule has 3 aromatic rings. The van der Waals surface area contributed by atoms with Crippen molar-refractivity contribution in [1.29, 1.82) is 0 Å². The molecule has 0 radical (unpaired) electrons. The van der Waals surface area contributed by atoms with Gasteiger partial charge in [-0.15, -0.1) is 0 Å². The molecule has 6 heteroatoms. The van der Waals surface area contributed by atoms with Gasteiger partial charge in [0.05, 0.1) is 17.9 Å². The van der Waals surface area contributed by atoms with Crippen LogP contribution >= 0.6 is 11.6 Å². The fraction of sp³-hybridized carbons (Fsp3) is 0.286. The quantitative estimate of drug-likeness (QED) is 0.172. The number of halogens is 1. The van der Waals surface area contributed by atoms with Crippen LogP contribution in [0.25, 0.3) is 0 Å². The first-order valence-corrected chi connectivity index (χ1v) is 12.0. The molecule has 34 heavy (non-hydrogen) atoms. The maximum Gasteiger partial charge on any atom is 0.275 e. The standard InChI is InChI=1S/C28H31ClN2O3/c1-3-4-5-8-19-33-27-10-7-6-9-26(27)28(32)31-30-21(2)23-13-17-25(18-14-23)34-20-22-11-15-24(29)16-12-22/h6-7,9-18H,3-5,8,19-20H2,1-2H3,(H,31,32)/b30-21-. The molecule has 0 bridgehead atoms. The summed E-state index contributed by atoms with van der Waals surface area (Å²) in [7, 11) is 0. The minimum atomic E-state index is -0.300. The Bertz CT molecular complexity index is 1080. The molecule has 0 unspecified atom stereocenters. The van der Waals surface area contributed by atoms with E-state index in [1.165, 1.54) is 12.8 Å². The van der Waals surface area contributed by atoms with E-state index in [0.29, 0.717) is 35.3 Å². The van der Waals surface area contributed by atoms with Gasteiger partial charge in [-0.05, 0) is 73.0 Å². The van der Waals surface area contributed by atoms with Crippen LogP contribution in [-0.2, 0) is 6.61 Å². The van der Waals surface area contributed by atoms with Gasteiger partial charge in [0.2, 0.25) is 0 Å². The number of hydrogen-bond acceptors (Lipinski definition) is 4. The Kier molecular flexibility index (Phi) is 9.98. The number of unbranched alkanes of at least 4 members (excludes halogenated alkanes) is 3. The minimum Gasteiger partial charge on any atom is -0.493 e. The fourth-order valence-corrected chi connectivity index (χ4v) is 3.42.